The first kappa shape index (κ1) is 14.5. The first-order valence-corrected chi connectivity index (χ1v) is 8.21. The summed E-state index contributed by atoms with van der Waals surface area (Å²) in [4.78, 5) is 4.77. The molecule has 0 unspecified atom stereocenters. The average molecular weight is 307 g/mol. The minimum Gasteiger partial charge on any atom is -0.477 e. The summed E-state index contributed by atoms with van der Waals surface area (Å²) in [6, 6.07) is 20.9. The third-order valence-corrected chi connectivity index (χ3v) is 4.71. The molecule has 2 atom stereocenters. The summed E-state index contributed by atoms with van der Waals surface area (Å²) in [6.45, 7) is 5.01. The molecule has 0 saturated carbocycles. The van der Waals surface area contributed by atoms with Crippen LogP contribution in [0.25, 0.3) is 0 Å². The molecule has 2 aromatic rings. The van der Waals surface area contributed by atoms with Gasteiger partial charge in [0.25, 0.3) is 0 Å². The maximum absolute atomic E-state index is 6.23. The smallest absolute Gasteiger partial charge is 0.217 e. The fourth-order valence-electron chi connectivity index (χ4n) is 3.25. The second-order valence-corrected chi connectivity index (χ2v) is 6.56. The number of hydrogen-bond donors (Lipinski definition) is 0. The van der Waals surface area contributed by atoms with E-state index in [0.717, 1.165) is 17.0 Å². The van der Waals surface area contributed by atoms with Crippen molar-refractivity contribution in [3.63, 3.8) is 0 Å². The second kappa shape index (κ2) is 5.50. The summed E-state index contributed by atoms with van der Waals surface area (Å²) >= 11 is 0. The molecule has 3 heteroatoms. The van der Waals surface area contributed by atoms with Crippen molar-refractivity contribution < 1.29 is 9.47 Å². The highest BCUT2D eigenvalue weighted by Gasteiger charge is 2.63. The summed E-state index contributed by atoms with van der Waals surface area (Å²) in [7, 11) is 0. The Kier molecular flexibility index (Phi) is 3.46. The van der Waals surface area contributed by atoms with E-state index in [1.165, 1.54) is 0 Å². The molecule has 0 amide bonds. The normalized spacial score (nSPS) is 25.1. The molecule has 2 aromatic carbocycles. The lowest BCUT2D eigenvalue weighted by atomic mass is 9.88. The van der Waals surface area contributed by atoms with Gasteiger partial charge in [-0.3, -0.25) is 0 Å². The molecule has 0 N–H and O–H groups in total. The summed E-state index contributed by atoms with van der Waals surface area (Å²) in [6.07, 6.45) is -0.129. The fourth-order valence-corrected chi connectivity index (χ4v) is 3.25. The number of aliphatic imine (C=N–C) groups is 1. The average Bonchev–Trinajstić information content (AvgIpc) is 3.16. The van der Waals surface area contributed by atoms with Gasteiger partial charge in [0.05, 0.1) is 6.04 Å². The number of nitrogens with zero attached hydrogens (tertiary/aromatic N) is 1. The van der Waals surface area contributed by atoms with Crippen molar-refractivity contribution in [3.05, 3.63) is 71.8 Å². The van der Waals surface area contributed by atoms with Crippen LogP contribution in [-0.2, 0) is 15.1 Å². The van der Waals surface area contributed by atoms with Crippen LogP contribution in [0.4, 0.5) is 0 Å². The van der Waals surface area contributed by atoms with Crippen molar-refractivity contribution in [2.45, 2.75) is 31.6 Å². The summed E-state index contributed by atoms with van der Waals surface area (Å²) in [5, 5.41) is 0. The minimum atomic E-state index is -0.465. The Hall–Kier alpha value is -2.13. The molecule has 1 fully saturated rings. The summed E-state index contributed by atoms with van der Waals surface area (Å²) in [5.41, 5.74) is 1.83. The third-order valence-electron chi connectivity index (χ3n) is 4.71. The number of hydrogen-bond acceptors (Lipinski definition) is 3. The van der Waals surface area contributed by atoms with Gasteiger partial charge in [0, 0.05) is 0 Å². The van der Waals surface area contributed by atoms with Gasteiger partial charge in [-0.15, -0.1) is 0 Å². The molecule has 0 radical (unpaired) electrons. The zero-order valence-corrected chi connectivity index (χ0v) is 13.5. The molecular formula is C20H21NO2. The van der Waals surface area contributed by atoms with Gasteiger partial charge < -0.3 is 9.47 Å². The van der Waals surface area contributed by atoms with Gasteiger partial charge in [-0.2, -0.15) is 0 Å². The van der Waals surface area contributed by atoms with Gasteiger partial charge in [-0.1, -0.05) is 74.5 Å². The van der Waals surface area contributed by atoms with E-state index < -0.39 is 5.60 Å². The molecule has 2 heterocycles. The van der Waals surface area contributed by atoms with Crippen LogP contribution in [-0.4, -0.2) is 24.7 Å². The van der Waals surface area contributed by atoms with Crippen LogP contribution in [0.2, 0.25) is 0 Å². The van der Waals surface area contributed by atoms with E-state index in [4.69, 9.17) is 14.5 Å². The maximum atomic E-state index is 6.23. The Morgan fingerprint density at radius 2 is 1.52 bits per heavy atom. The van der Waals surface area contributed by atoms with E-state index in [1.54, 1.807) is 0 Å². The van der Waals surface area contributed by atoms with Crippen LogP contribution >= 0.6 is 0 Å². The molecule has 1 saturated heterocycles. The van der Waals surface area contributed by atoms with Gasteiger partial charge in [-0.05, 0) is 17.0 Å². The topological polar surface area (TPSA) is 34.1 Å². The van der Waals surface area contributed by atoms with Crippen LogP contribution in [0.3, 0.4) is 0 Å². The van der Waals surface area contributed by atoms with Crippen LogP contribution in [0.15, 0.2) is 65.7 Å². The van der Waals surface area contributed by atoms with E-state index in [-0.39, 0.29) is 12.1 Å². The Bertz CT molecular complexity index is 669. The largest absolute Gasteiger partial charge is 0.477 e. The van der Waals surface area contributed by atoms with Crippen molar-refractivity contribution in [3.8, 4) is 0 Å². The molecule has 0 spiro atoms. The molecule has 4 rings (SSSR count). The fraction of sp³-hybridized carbons (Fsp3) is 0.350. The van der Waals surface area contributed by atoms with E-state index in [2.05, 4.69) is 38.1 Å². The Morgan fingerprint density at radius 3 is 2.00 bits per heavy atom. The SMILES string of the molecule is CC(C)[C@H]1COC([C@H]2OC2(c2ccccc2)c2ccccc2)=N1. The lowest BCUT2D eigenvalue weighted by Crippen LogP contribution is -2.21. The predicted octanol–water partition coefficient (Wildman–Crippen LogP) is 3.78. The molecule has 23 heavy (non-hydrogen) atoms. The highest BCUT2D eigenvalue weighted by Crippen LogP contribution is 2.52. The summed E-state index contributed by atoms with van der Waals surface area (Å²) in [5.74, 6) is 1.23. The number of ether oxygens (including phenoxy) is 2. The van der Waals surface area contributed by atoms with Gasteiger partial charge in [0.2, 0.25) is 5.90 Å². The molecule has 3 nitrogen and oxygen atoms in total. The number of benzene rings is 2. The third kappa shape index (κ3) is 2.36. The molecule has 0 aromatic heterocycles. The number of epoxide rings is 1. The highest BCUT2D eigenvalue weighted by atomic mass is 16.6. The second-order valence-electron chi connectivity index (χ2n) is 6.56. The van der Waals surface area contributed by atoms with Crippen LogP contribution in [0.1, 0.15) is 25.0 Å². The Labute approximate surface area is 137 Å². The van der Waals surface area contributed by atoms with Crippen molar-refractivity contribution in [2.75, 3.05) is 6.61 Å². The quantitative estimate of drug-likeness (QED) is 0.806. The van der Waals surface area contributed by atoms with Gasteiger partial charge >= 0.3 is 0 Å². The minimum absolute atomic E-state index is 0.129. The van der Waals surface area contributed by atoms with E-state index in [9.17, 15) is 0 Å². The van der Waals surface area contributed by atoms with Gasteiger partial charge in [-0.25, -0.2) is 4.99 Å². The van der Waals surface area contributed by atoms with Crippen molar-refractivity contribution in [2.24, 2.45) is 10.9 Å². The molecule has 2 aliphatic rings. The lowest BCUT2D eigenvalue weighted by Gasteiger charge is -2.14. The molecule has 0 aliphatic carbocycles. The predicted molar refractivity (Wildman–Crippen MR) is 90.6 cm³/mol. The van der Waals surface area contributed by atoms with E-state index in [0.29, 0.717) is 12.5 Å². The van der Waals surface area contributed by atoms with Crippen molar-refractivity contribution >= 4 is 5.90 Å². The van der Waals surface area contributed by atoms with Gasteiger partial charge in [0.1, 0.15) is 6.61 Å². The van der Waals surface area contributed by atoms with E-state index >= 15 is 0 Å². The van der Waals surface area contributed by atoms with E-state index in [1.807, 2.05) is 36.4 Å². The first-order valence-electron chi connectivity index (χ1n) is 8.21. The van der Waals surface area contributed by atoms with Crippen LogP contribution < -0.4 is 0 Å². The van der Waals surface area contributed by atoms with Gasteiger partial charge in [0.15, 0.2) is 11.7 Å². The molecular weight excluding hydrogens is 286 g/mol. The van der Waals surface area contributed by atoms with Crippen molar-refractivity contribution in [1.82, 2.24) is 0 Å². The standard InChI is InChI=1S/C20H21NO2/c1-14(2)17-13-22-19(21-17)18-20(23-18,15-9-5-3-6-10-15)16-11-7-4-8-12-16/h3-12,14,17-18H,13H2,1-2H3/t17-,18-/m1/s1. The highest BCUT2D eigenvalue weighted by molar-refractivity contribution is 5.88. The monoisotopic (exact) mass is 307 g/mol. The Morgan fingerprint density at radius 1 is 0.957 bits per heavy atom. The van der Waals surface area contributed by atoms with Crippen molar-refractivity contribution in [1.29, 1.82) is 0 Å². The van der Waals surface area contributed by atoms with Crippen LogP contribution in [0.5, 0.6) is 0 Å². The van der Waals surface area contributed by atoms with Crippen LogP contribution in [0, 0.1) is 5.92 Å². The maximum Gasteiger partial charge on any atom is 0.217 e. The number of rotatable bonds is 4. The summed E-state index contributed by atoms with van der Waals surface area (Å²) < 4.78 is 12.1. The lowest BCUT2D eigenvalue weighted by molar-refractivity contribution is 0.275. The Balaban J connectivity index is 1.72. The molecule has 2 aliphatic heterocycles. The molecule has 0 bridgehead atoms. The first-order chi connectivity index (χ1) is 11.2. The zero-order valence-electron chi connectivity index (χ0n) is 13.5. The molecule has 118 valence electrons. The zero-order chi connectivity index (χ0) is 15.9.